The van der Waals surface area contributed by atoms with Crippen LogP contribution in [0.15, 0.2) is 24.3 Å². The third kappa shape index (κ3) is 4.69. The molecule has 1 rings (SSSR count). The summed E-state index contributed by atoms with van der Waals surface area (Å²) in [7, 11) is 1.29. The summed E-state index contributed by atoms with van der Waals surface area (Å²) in [5.74, 6) is -1.10. The molecule has 19 heavy (non-hydrogen) atoms. The summed E-state index contributed by atoms with van der Waals surface area (Å²) in [5.41, 5.74) is 6.01. The van der Waals surface area contributed by atoms with E-state index in [-0.39, 0.29) is 12.8 Å². The number of ether oxygens (including phenoxy) is 1. The summed E-state index contributed by atoms with van der Waals surface area (Å²) < 4.78 is 4.54. The van der Waals surface area contributed by atoms with Crippen molar-refractivity contribution in [3.8, 4) is 0 Å². The first-order chi connectivity index (χ1) is 8.93. The smallest absolute Gasteiger partial charge is 0.309 e. The highest BCUT2D eigenvalue weighted by Crippen LogP contribution is 2.20. The molecule has 6 heteroatoms. The van der Waals surface area contributed by atoms with Crippen LogP contribution < -0.4 is 5.73 Å². The molecule has 104 valence electrons. The topological polar surface area (TPSA) is 110 Å². The lowest BCUT2D eigenvalue weighted by atomic mass is 9.99. The first-order valence-corrected chi connectivity index (χ1v) is 5.74. The van der Waals surface area contributed by atoms with E-state index < -0.39 is 24.1 Å². The molecule has 0 radical (unpaired) electrons. The molecule has 0 aliphatic carbocycles. The molecule has 1 amide bonds. The number of carbonyl (C=O) groups excluding carboxylic acids is 2. The number of nitrogens with two attached hydrogens (primary N) is 1. The van der Waals surface area contributed by atoms with Crippen molar-refractivity contribution in [3.05, 3.63) is 35.4 Å². The minimum atomic E-state index is -1.27. The number of hydrogen-bond acceptors (Lipinski definition) is 5. The highest BCUT2D eigenvalue weighted by Gasteiger charge is 2.20. The number of aliphatic hydroxyl groups excluding tert-OH is 2. The van der Waals surface area contributed by atoms with E-state index in [1.807, 2.05) is 0 Å². The van der Waals surface area contributed by atoms with E-state index in [0.29, 0.717) is 11.1 Å². The summed E-state index contributed by atoms with van der Waals surface area (Å²) in [5, 5.41) is 19.5. The van der Waals surface area contributed by atoms with Crippen LogP contribution in [0.1, 0.15) is 23.7 Å². The van der Waals surface area contributed by atoms with Gasteiger partial charge in [-0.25, -0.2) is 0 Å². The van der Waals surface area contributed by atoms with Crippen molar-refractivity contribution in [1.29, 1.82) is 0 Å². The van der Waals surface area contributed by atoms with Gasteiger partial charge in [0.15, 0.2) is 0 Å². The van der Waals surface area contributed by atoms with E-state index in [9.17, 15) is 19.8 Å². The van der Waals surface area contributed by atoms with Crippen LogP contribution in [0.25, 0.3) is 0 Å². The van der Waals surface area contributed by atoms with Crippen LogP contribution in [0.5, 0.6) is 0 Å². The summed E-state index contributed by atoms with van der Waals surface area (Å²) >= 11 is 0. The second-order valence-corrected chi connectivity index (χ2v) is 4.18. The monoisotopic (exact) mass is 267 g/mol. The third-order valence-corrected chi connectivity index (χ3v) is 2.64. The number of aliphatic hydroxyl groups is 2. The molecule has 0 aliphatic rings. The van der Waals surface area contributed by atoms with Gasteiger partial charge in [-0.15, -0.1) is 0 Å². The van der Waals surface area contributed by atoms with Gasteiger partial charge in [0, 0.05) is 0 Å². The van der Waals surface area contributed by atoms with Crippen LogP contribution in [0.2, 0.25) is 0 Å². The molecule has 6 nitrogen and oxygen atoms in total. The number of hydrogen-bond donors (Lipinski definition) is 3. The zero-order chi connectivity index (χ0) is 14.4. The van der Waals surface area contributed by atoms with Gasteiger partial charge in [-0.2, -0.15) is 0 Å². The summed E-state index contributed by atoms with van der Waals surface area (Å²) in [4.78, 5) is 21.8. The molecule has 0 heterocycles. The third-order valence-electron chi connectivity index (χ3n) is 2.64. The van der Waals surface area contributed by atoms with Crippen molar-refractivity contribution < 1.29 is 24.5 Å². The zero-order valence-corrected chi connectivity index (χ0v) is 10.6. The van der Waals surface area contributed by atoms with E-state index >= 15 is 0 Å². The van der Waals surface area contributed by atoms with Gasteiger partial charge < -0.3 is 20.7 Å². The Labute approximate surface area is 110 Å². The van der Waals surface area contributed by atoms with Gasteiger partial charge in [0.2, 0.25) is 5.91 Å². The molecule has 0 saturated heterocycles. The van der Waals surface area contributed by atoms with Crippen LogP contribution in [0.3, 0.4) is 0 Å². The van der Waals surface area contributed by atoms with Crippen molar-refractivity contribution in [3.63, 3.8) is 0 Å². The lowest BCUT2D eigenvalue weighted by molar-refractivity contribution is -0.139. The number of benzene rings is 1. The molecule has 2 unspecified atom stereocenters. The van der Waals surface area contributed by atoms with Gasteiger partial charge in [0.05, 0.1) is 26.1 Å². The van der Waals surface area contributed by atoms with E-state index in [4.69, 9.17) is 5.73 Å². The van der Waals surface area contributed by atoms with Gasteiger partial charge in [0.1, 0.15) is 6.10 Å². The van der Waals surface area contributed by atoms with E-state index in [1.165, 1.54) is 7.11 Å². The second-order valence-electron chi connectivity index (χ2n) is 4.18. The molecule has 1 aromatic carbocycles. The molecule has 4 N–H and O–H groups in total. The SMILES string of the molecule is COC(=O)Cc1cccc(C(O)C(O)CC(N)=O)c1. The molecule has 0 fully saturated rings. The van der Waals surface area contributed by atoms with Crippen molar-refractivity contribution in [1.82, 2.24) is 0 Å². The molecule has 0 saturated carbocycles. The van der Waals surface area contributed by atoms with Crippen LogP contribution in [0, 0.1) is 0 Å². The Balaban J connectivity index is 2.80. The fourth-order valence-electron chi connectivity index (χ4n) is 1.67. The molecule has 2 atom stereocenters. The van der Waals surface area contributed by atoms with Gasteiger partial charge >= 0.3 is 5.97 Å². The largest absolute Gasteiger partial charge is 0.469 e. The number of carbonyl (C=O) groups is 2. The minimum absolute atomic E-state index is 0.0724. The number of esters is 1. The highest BCUT2D eigenvalue weighted by atomic mass is 16.5. The summed E-state index contributed by atoms with van der Waals surface area (Å²) in [6, 6.07) is 6.52. The average Bonchev–Trinajstić information content (AvgIpc) is 2.37. The normalized spacial score (nSPS) is 13.6. The number of rotatable bonds is 6. The Morgan fingerprint density at radius 3 is 2.63 bits per heavy atom. The Morgan fingerprint density at radius 2 is 2.05 bits per heavy atom. The lowest BCUT2D eigenvalue weighted by Gasteiger charge is -2.17. The second kappa shape index (κ2) is 6.86. The van der Waals surface area contributed by atoms with Crippen LogP contribution in [-0.4, -0.2) is 35.3 Å². The summed E-state index contributed by atoms with van der Waals surface area (Å²) in [6.45, 7) is 0. The predicted molar refractivity (Wildman–Crippen MR) is 66.9 cm³/mol. The van der Waals surface area contributed by atoms with Crippen LogP contribution >= 0.6 is 0 Å². The van der Waals surface area contributed by atoms with E-state index in [2.05, 4.69) is 4.74 Å². The predicted octanol–water partition coefficient (Wildman–Crippen LogP) is -0.328. The van der Waals surface area contributed by atoms with Crippen molar-refractivity contribution in [2.45, 2.75) is 25.0 Å². The quantitative estimate of drug-likeness (QED) is 0.611. The van der Waals surface area contributed by atoms with Crippen molar-refractivity contribution in [2.24, 2.45) is 5.73 Å². The van der Waals surface area contributed by atoms with Crippen molar-refractivity contribution in [2.75, 3.05) is 7.11 Å². The molecule has 1 aromatic rings. The standard InChI is InChI=1S/C13H17NO5/c1-19-12(17)6-8-3-2-4-9(5-8)13(18)10(15)7-11(14)16/h2-5,10,13,15,18H,6-7H2,1H3,(H2,14,16). The molecular formula is C13H17NO5. The summed E-state index contributed by atoms with van der Waals surface area (Å²) in [6.07, 6.45) is -2.76. The van der Waals surface area contributed by atoms with Crippen LogP contribution in [0.4, 0.5) is 0 Å². The zero-order valence-electron chi connectivity index (χ0n) is 10.6. The lowest BCUT2D eigenvalue weighted by Crippen LogP contribution is -2.25. The molecule has 0 aliphatic heterocycles. The maximum Gasteiger partial charge on any atom is 0.309 e. The van der Waals surface area contributed by atoms with Crippen molar-refractivity contribution >= 4 is 11.9 Å². The molecule has 0 bridgehead atoms. The molecule has 0 aromatic heterocycles. The molecule has 0 spiro atoms. The van der Waals surface area contributed by atoms with E-state index in [0.717, 1.165) is 0 Å². The average molecular weight is 267 g/mol. The van der Waals surface area contributed by atoms with Crippen LogP contribution in [-0.2, 0) is 20.7 Å². The maximum atomic E-state index is 11.1. The Kier molecular flexibility index (Phi) is 5.47. The first-order valence-electron chi connectivity index (χ1n) is 5.74. The van der Waals surface area contributed by atoms with E-state index in [1.54, 1.807) is 24.3 Å². The van der Waals surface area contributed by atoms with Gasteiger partial charge in [0.25, 0.3) is 0 Å². The fourth-order valence-corrected chi connectivity index (χ4v) is 1.67. The molecular weight excluding hydrogens is 250 g/mol. The van der Waals surface area contributed by atoms with Gasteiger partial charge in [-0.05, 0) is 11.1 Å². The maximum absolute atomic E-state index is 11.1. The highest BCUT2D eigenvalue weighted by molar-refractivity contribution is 5.74. The number of methoxy groups -OCH3 is 1. The number of amides is 1. The fraction of sp³-hybridized carbons (Fsp3) is 0.385. The van der Waals surface area contributed by atoms with Gasteiger partial charge in [-0.3, -0.25) is 9.59 Å². The number of primary amides is 1. The Morgan fingerprint density at radius 1 is 1.37 bits per heavy atom. The first kappa shape index (κ1) is 15.1. The van der Waals surface area contributed by atoms with Gasteiger partial charge in [-0.1, -0.05) is 24.3 Å². The minimum Gasteiger partial charge on any atom is -0.469 e. The Bertz CT molecular complexity index is 460. The Hall–Kier alpha value is -1.92.